The number of carbonyl (C=O) groups is 1. The minimum absolute atomic E-state index is 0.0485. The zero-order valence-electron chi connectivity index (χ0n) is 11.1. The maximum absolute atomic E-state index is 12.2. The zero-order valence-corrected chi connectivity index (χ0v) is 13.5. The second kappa shape index (κ2) is 7.06. The van der Waals surface area contributed by atoms with Crippen molar-refractivity contribution in [1.29, 1.82) is 0 Å². The molecule has 1 atom stereocenters. The SMILES string of the molecule is CCC(Sc1nnc(C)s1)C(=O)Nc1cccc(Cl)c1. The van der Waals surface area contributed by atoms with E-state index in [1.165, 1.54) is 23.1 Å². The Hall–Kier alpha value is -1.11. The molecule has 0 radical (unpaired) electrons. The molecule has 0 aliphatic heterocycles. The van der Waals surface area contributed by atoms with Crippen molar-refractivity contribution in [1.82, 2.24) is 10.2 Å². The summed E-state index contributed by atoms with van der Waals surface area (Å²) in [6.07, 6.45) is 0.718. The lowest BCUT2D eigenvalue weighted by atomic mass is 10.3. The predicted octanol–water partition coefficient (Wildman–Crippen LogP) is 4.01. The molecule has 2 aromatic rings. The normalized spacial score (nSPS) is 12.2. The molecule has 1 aromatic heterocycles. The molecule has 0 aliphatic rings. The number of hydrogen-bond donors (Lipinski definition) is 1. The first-order chi connectivity index (χ1) is 9.58. The number of halogens is 1. The minimum atomic E-state index is -0.193. The van der Waals surface area contributed by atoms with Crippen LogP contribution in [0.15, 0.2) is 28.6 Å². The van der Waals surface area contributed by atoms with Crippen LogP contribution >= 0.6 is 34.7 Å². The molecule has 0 bridgehead atoms. The quantitative estimate of drug-likeness (QED) is 0.843. The van der Waals surface area contributed by atoms with E-state index in [9.17, 15) is 4.79 Å². The maximum Gasteiger partial charge on any atom is 0.237 e. The molecule has 4 nitrogen and oxygen atoms in total. The average Bonchev–Trinajstić information content (AvgIpc) is 2.81. The zero-order chi connectivity index (χ0) is 14.5. The third-order valence-corrected chi connectivity index (χ3v) is 5.03. The van der Waals surface area contributed by atoms with Gasteiger partial charge in [0.1, 0.15) is 5.01 Å². The van der Waals surface area contributed by atoms with Gasteiger partial charge in [-0.2, -0.15) is 0 Å². The van der Waals surface area contributed by atoms with Crippen LogP contribution in [0, 0.1) is 6.92 Å². The van der Waals surface area contributed by atoms with Crippen molar-refractivity contribution in [2.75, 3.05) is 5.32 Å². The van der Waals surface area contributed by atoms with Gasteiger partial charge in [0, 0.05) is 10.7 Å². The number of carbonyl (C=O) groups excluding carboxylic acids is 1. The fourth-order valence-electron chi connectivity index (χ4n) is 1.56. The second-order valence-electron chi connectivity index (χ2n) is 4.10. The van der Waals surface area contributed by atoms with Gasteiger partial charge in [0.25, 0.3) is 0 Å². The number of hydrogen-bond acceptors (Lipinski definition) is 5. The van der Waals surface area contributed by atoms with Crippen LogP contribution < -0.4 is 5.32 Å². The summed E-state index contributed by atoms with van der Waals surface area (Å²) >= 11 is 8.84. The van der Waals surface area contributed by atoms with Crippen LogP contribution in [0.25, 0.3) is 0 Å². The third kappa shape index (κ3) is 4.19. The lowest BCUT2D eigenvalue weighted by molar-refractivity contribution is -0.115. The van der Waals surface area contributed by atoms with Crippen molar-refractivity contribution in [3.05, 3.63) is 34.3 Å². The largest absolute Gasteiger partial charge is 0.325 e. The Morgan fingerprint density at radius 2 is 2.30 bits per heavy atom. The van der Waals surface area contributed by atoms with Gasteiger partial charge in [-0.15, -0.1) is 10.2 Å². The lowest BCUT2D eigenvalue weighted by Gasteiger charge is -2.13. The number of rotatable bonds is 5. The van der Waals surface area contributed by atoms with Crippen molar-refractivity contribution in [2.45, 2.75) is 29.9 Å². The van der Waals surface area contributed by atoms with Crippen LogP contribution in [0.1, 0.15) is 18.4 Å². The Bertz CT molecular complexity index is 603. The van der Waals surface area contributed by atoms with Gasteiger partial charge >= 0.3 is 0 Å². The molecule has 1 N–H and O–H groups in total. The molecular weight excluding hydrogens is 314 g/mol. The van der Waals surface area contributed by atoms with Gasteiger partial charge in [0.2, 0.25) is 5.91 Å². The number of aromatic nitrogens is 2. The summed E-state index contributed by atoms with van der Waals surface area (Å²) in [4.78, 5) is 12.2. The molecule has 0 saturated carbocycles. The number of anilines is 1. The molecule has 1 heterocycles. The van der Waals surface area contributed by atoms with Crippen molar-refractivity contribution >= 4 is 46.3 Å². The highest BCUT2D eigenvalue weighted by Gasteiger charge is 2.20. The summed E-state index contributed by atoms with van der Waals surface area (Å²) in [5.41, 5.74) is 0.704. The van der Waals surface area contributed by atoms with E-state index in [-0.39, 0.29) is 11.2 Å². The Kier molecular flexibility index (Phi) is 5.39. The Balaban J connectivity index is 2.02. The van der Waals surface area contributed by atoms with Gasteiger partial charge < -0.3 is 5.32 Å². The van der Waals surface area contributed by atoms with E-state index in [0.717, 1.165) is 15.8 Å². The highest BCUT2D eigenvalue weighted by Crippen LogP contribution is 2.29. The number of aryl methyl sites for hydroxylation is 1. The first-order valence-corrected chi connectivity index (χ1v) is 8.19. The van der Waals surface area contributed by atoms with Crippen molar-refractivity contribution in [2.24, 2.45) is 0 Å². The first-order valence-electron chi connectivity index (χ1n) is 6.11. The van der Waals surface area contributed by atoms with E-state index in [4.69, 9.17) is 11.6 Å². The van der Waals surface area contributed by atoms with Crippen LogP contribution in [-0.2, 0) is 4.79 Å². The second-order valence-corrected chi connectivity index (χ2v) is 7.17. The van der Waals surface area contributed by atoms with Gasteiger partial charge in [0.05, 0.1) is 5.25 Å². The minimum Gasteiger partial charge on any atom is -0.325 e. The monoisotopic (exact) mass is 327 g/mol. The molecule has 0 fully saturated rings. The number of benzene rings is 1. The molecular formula is C13H14ClN3OS2. The summed E-state index contributed by atoms with van der Waals surface area (Å²) in [5, 5.41) is 12.2. The van der Waals surface area contributed by atoms with Crippen molar-refractivity contribution in [3.8, 4) is 0 Å². The summed E-state index contributed by atoms with van der Waals surface area (Å²) in [6, 6.07) is 7.12. The molecule has 1 amide bonds. The van der Waals surface area contributed by atoms with Gasteiger partial charge in [-0.1, -0.05) is 47.7 Å². The van der Waals surface area contributed by atoms with E-state index < -0.39 is 0 Å². The van der Waals surface area contributed by atoms with E-state index in [0.29, 0.717) is 10.7 Å². The summed E-state index contributed by atoms with van der Waals surface area (Å²) in [7, 11) is 0. The van der Waals surface area contributed by atoms with Gasteiger partial charge in [-0.3, -0.25) is 4.79 Å². The van der Waals surface area contributed by atoms with E-state index in [2.05, 4.69) is 15.5 Å². The third-order valence-electron chi connectivity index (χ3n) is 2.51. The number of thioether (sulfide) groups is 1. The Morgan fingerprint density at radius 3 is 2.90 bits per heavy atom. The molecule has 1 aromatic carbocycles. The van der Waals surface area contributed by atoms with E-state index in [1.54, 1.807) is 18.2 Å². The summed E-state index contributed by atoms with van der Waals surface area (Å²) < 4.78 is 0.815. The van der Waals surface area contributed by atoms with Crippen LogP contribution in [0.4, 0.5) is 5.69 Å². The number of nitrogens with zero attached hydrogens (tertiary/aromatic N) is 2. The average molecular weight is 328 g/mol. The topological polar surface area (TPSA) is 54.9 Å². The van der Waals surface area contributed by atoms with Crippen LogP contribution in [-0.4, -0.2) is 21.4 Å². The van der Waals surface area contributed by atoms with Crippen LogP contribution in [0.5, 0.6) is 0 Å². The van der Waals surface area contributed by atoms with Gasteiger partial charge in [-0.25, -0.2) is 0 Å². The summed E-state index contributed by atoms with van der Waals surface area (Å²) in [6.45, 7) is 3.87. The smallest absolute Gasteiger partial charge is 0.237 e. The summed E-state index contributed by atoms with van der Waals surface area (Å²) in [5.74, 6) is -0.0485. The molecule has 2 rings (SSSR count). The highest BCUT2D eigenvalue weighted by molar-refractivity contribution is 8.02. The number of nitrogens with one attached hydrogen (secondary N) is 1. The molecule has 0 aliphatic carbocycles. The fourth-order valence-corrected chi connectivity index (χ4v) is 3.73. The number of amides is 1. The van der Waals surface area contributed by atoms with Gasteiger partial charge in [-0.05, 0) is 31.5 Å². The molecule has 106 valence electrons. The van der Waals surface area contributed by atoms with E-state index in [1.807, 2.05) is 19.9 Å². The molecule has 0 spiro atoms. The molecule has 1 unspecified atom stereocenters. The predicted molar refractivity (Wildman–Crippen MR) is 84.7 cm³/mol. The highest BCUT2D eigenvalue weighted by atomic mass is 35.5. The van der Waals surface area contributed by atoms with E-state index >= 15 is 0 Å². The molecule has 0 saturated heterocycles. The Labute approximate surface area is 130 Å². The lowest BCUT2D eigenvalue weighted by Crippen LogP contribution is -2.24. The van der Waals surface area contributed by atoms with Crippen molar-refractivity contribution < 1.29 is 4.79 Å². The standard InChI is InChI=1S/C13H14ClN3OS2/c1-3-11(20-13-17-16-8(2)19-13)12(18)15-10-6-4-5-9(14)7-10/h4-7,11H,3H2,1-2H3,(H,15,18). The van der Waals surface area contributed by atoms with Crippen LogP contribution in [0.2, 0.25) is 5.02 Å². The van der Waals surface area contributed by atoms with Crippen LogP contribution in [0.3, 0.4) is 0 Å². The Morgan fingerprint density at radius 1 is 1.50 bits per heavy atom. The first kappa shape index (κ1) is 15.3. The van der Waals surface area contributed by atoms with Crippen molar-refractivity contribution in [3.63, 3.8) is 0 Å². The fraction of sp³-hybridized carbons (Fsp3) is 0.308. The van der Waals surface area contributed by atoms with Gasteiger partial charge in [0.15, 0.2) is 4.34 Å². The molecule has 7 heteroatoms. The molecule has 20 heavy (non-hydrogen) atoms. The maximum atomic E-state index is 12.2.